The molecule has 0 radical (unpaired) electrons. The van der Waals surface area contributed by atoms with E-state index in [1.54, 1.807) is 0 Å². The summed E-state index contributed by atoms with van der Waals surface area (Å²) in [7, 11) is 1.38. The molecule has 0 saturated carbocycles. The van der Waals surface area contributed by atoms with Crippen molar-refractivity contribution >= 4 is 29.2 Å². The molecule has 0 heterocycles. The Morgan fingerprint density at radius 3 is 2.76 bits per heavy atom. The maximum absolute atomic E-state index is 12.9. The van der Waals surface area contributed by atoms with Gasteiger partial charge in [0.05, 0.1) is 12.8 Å². The molecule has 1 aromatic carbocycles. The number of amides is 3. The summed E-state index contributed by atoms with van der Waals surface area (Å²) in [4.78, 5) is 22.1. The molecule has 0 aromatic heterocycles. The second-order valence-corrected chi connectivity index (χ2v) is 3.25. The molecule has 92 valence electrons. The first kappa shape index (κ1) is 13.2. The molecule has 5 nitrogen and oxygen atoms in total. The first-order valence-electron chi connectivity index (χ1n) is 4.57. The average molecular weight is 261 g/mol. The van der Waals surface area contributed by atoms with E-state index in [1.807, 2.05) is 5.32 Å². The number of anilines is 1. The van der Waals surface area contributed by atoms with Gasteiger partial charge in [-0.05, 0) is 12.1 Å². The van der Waals surface area contributed by atoms with Crippen molar-refractivity contribution in [3.63, 3.8) is 0 Å². The molecule has 2 N–H and O–H groups in total. The molecule has 0 aliphatic rings. The number of imide groups is 1. The summed E-state index contributed by atoms with van der Waals surface area (Å²) in [5.41, 5.74) is 0.118. The van der Waals surface area contributed by atoms with Gasteiger partial charge in [0.1, 0.15) is 17.4 Å². The van der Waals surface area contributed by atoms with Crippen LogP contribution in [0.4, 0.5) is 14.9 Å². The lowest BCUT2D eigenvalue weighted by Crippen LogP contribution is -2.35. The molecule has 1 aromatic rings. The van der Waals surface area contributed by atoms with Crippen LogP contribution >= 0.6 is 11.6 Å². The Morgan fingerprint density at radius 2 is 2.18 bits per heavy atom. The molecule has 3 amide bonds. The van der Waals surface area contributed by atoms with Crippen LogP contribution in [-0.4, -0.2) is 24.9 Å². The van der Waals surface area contributed by atoms with Gasteiger partial charge in [0.2, 0.25) is 5.91 Å². The Morgan fingerprint density at radius 1 is 1.47 bits per heavy atom. The maximum atomic E-state index is 12.9. The lowest BCUT2D eigenvalue weighted by molar-refractivity contribution is -0.117. The minimum absolute atomic E-state index is 0.118. The summed E-state index contributed by atoms with van der Waals surface area (Å²) in [6, 6.07) is 2.81. The van der Waals surface area contributed by atoms with Crippen LogP contribution in [-0.2, 0) is 4.79 Å². The molecular formula is C10H10ClFN2O3. The summed E-state index contributed by atoms with van der Waals surface area (Å²) >= 11 is 5.21. The molecule has 0 atom stereocenters. The lowest BCUT2D eigenvalue weighted by atomic mass is 10.3. The van der Waals surface area contributed by atoms with Crippen LogP contribution in [0.5, 0.6) is 5.75 Å². The lowest BCUT2D eigenvalue weighted by Gasteiger charge is -2.10. The van der Waals surface area contributed by atoms with Gasteiger partial charge in [-0.1, -0.05) is 0 Å². The van der Waals surface area contributed by atoms with Gasteiger partial charge in [-0.3, -0.25) is 10.1 Å². The fourth-order valence-electron chi connectivity index (χ4n) is 1.09. The number of carbonyl (C=O) groups is 2. The highest BCUT2D eigenvalue weighted by Crippen LogP contribution is 2.24. The molecule has 0 fully saturated rings. The summed E-state index contributed by atoms with van der Waals surface area (Å²) in [6.45, 7) is 0. The van der Waals surface area contributed by atoms with E-state index < -0.39 is 17.8 Å². The molecule has 0 saturated heterocycles. The monoisotopic (exact) mass is 260 g/mol. The largest absolute Gasteiger partial charge is 0.495 e. The van der Waals surface area contributed by atoms with Crippen LogP contribution < -0.4 is 15.4 Å². The predicted octanol–water partition coefficient (Wildman–Crippen LogP) is 1.72. The molecule has 0 aliphatic heterocycles. The Hall–Kier alpha value is -1.82. The van der Waals surface area contributed by atoms with Crippen molar-refractivity contribution < 1.29 is 18.7 Å². The van der Waals surface area contributed by atoms with Crippen molar-refractivity contribution in [2.45, 2.75) is 0 Å². The van der Waals surface area contributed by atoms with E-state index in [4.69, 9.17) is 16.3 Å². The van der Waals surface area contributed by atoms with E-state index >= 15 is 0 Å². The van der Waals surface area contributed by atoms with Crippen molar-refractivity contribution in [1.29, 1.82) is 0 Å². The van der Waals surface area contributed by atoms with Crippen molar-refractivity contribution in [3.05, 3.63) is 24.0 Å². The molecule has 0 aliphatic carbocycles. The number of nitrogens with one attached hydrogen (secondary N) is 2. The first-order chi connectivity index (χ1) is 8.06. The van der Waals surface area contributed by atoms with Crippen LogP contribution in [0.25, 0.3) is 0 Å². The number of hydrogen-bond donors (Lipinski definition) is 2. The molecule has 7 heteroatoms. The van der Waals surface area contributed by atoms with Gasteiger partial charge >= 0.3 is 6.03 Å². The quantitative estimate of drug-likeness (QED) is 0.813. The molecule has 0 bridgehead atoms. The van der Waals surface area contributed by atoms with E-state index in [1.165, 1.54) is 19.2 Å². The van der Waals surface area contributed by atoms with Crippen LogP contribution in [0.2, 0.25) is 0 Å². The van der Waals surface area contributed by atoms with Gasteiger partial charge in [0, 0.05) is 6.07 Å². The summed E-state index contributed by atoms with van der Waals surface area (Å²) in [5, 5.41) is 4.22. The third kappa shape index (κ3) is 3.92. The highest BCUT2D eigenvalue weighted by atomic mass is 35.5. The van der Waals surface area contributed by atoms with Gasteiger partial charge < -0.3 is 10.1 Å². The third-order valence-corrected chi connectivity index (χ3v) is 2.03. The van der Waals surface area contributed by atoms with E-state index in [0.29, 0.717) is 0 Å². The molecule has 17 heavy (non-hydrogen) atoms. The maximum Gasteiger partial charge on any atom is 0.326 e. The molecule has 0 unspecified atom stereocenters. The van der Waals surface area contributed by atoms with Crippen LogP contribution in [0.1, 0.15) is 0 Å². The first-order valence-corrected chi connectivity index (χ1v) is 5.10. The zero-order chi connectivity index (χ0) is 12.8. The summed E-state index contributed by atoms with van der Waals surface area (Å²) in [5.74, 6) is -1.25. The minimum Gasteiger partial charge on any atom is -0.495 e. The molecular weight excluding hydrogens is 251 g/mol. The number of rotatable bonds is 3. The Bertz CT molecular complexity index is 440. The highest BCUT2D eigenvalue weighted by Gasteiger charge is 2.10. The summed E-state index contributed by atoms with van der Waals surface area (Å²) < 4.78 is 17.9. The van der Waals surface area contributed by atoms with E-state index in [2.05, 4.69) is 5.32 Å². The Balaban J connectivity index is 2.76. The minimum atomic E-state index is -0.806. The van der Waals surface area contributed by atoms with E-state index in [0.717, 1.165) is 6.07 Å². The highest BCUT2D eigenvalue weighted by molar-refractivity contribution is 6.28. The number of carbonyl (C=O) groups excluding carboxylic acids is 2. The number of hydrogen-bond acceptors (Lipinski definition) is 3. The molecule has 0 spiro atoms. The predicted molar refractivity (Wildman–Crippen MR) is 60.8 cm³/mol. The van der Waals surface area contributed by atoms with E-state index in [-0.39, 0.29) is 17.3 Å². The van der Waals surface area contributed by atoms with Crippen LogP contribution in [0.3, 0.4) is 0 Å². The Kier molecular flexibility index (Phi) is 4.71. The third-order valence-electron chi connectivity index (χ3n) is 1.78. The van der Waals surface area contributed by atoms with Crippen LogP contribution in [0.15, 0.2) is 18.2 Å². The number of urea groups is 1. The normalized spacial score (nSPS) is 9.59. The number of benzene rings is 1. The SMILES string of the molecule is COc1ccc(F)cc1NC(=O)NC(=O)CCl. The summed E-state index contributed by atoms with van der Waals surface area (Å²) in [6.07, 6.45) is 0. The second-order valence-electron chi connectivity index (χ2n) is 2.98. The number of ether oxygens (including phenoxy) is 1. The number of alkyl halides is 1. The van der Waals surface area contributed by atoms with Gasteiger partial charge in [-0.25, -0.2) is 9.18 Å². The fourth-order valence-corrected chi connectivity index (χ4v) is 1.16. The zero-order valence-corrected chi connectivity index (χ0v) is 9.68. The molecule has 1 rings (SSSR count). The topological polar surface area (TPSA) is 67.4 Å². The van der Waals surface area contributed by atoms with Gasteiger partial charge in [-0.15, -0.1) is 11.6 Å². The number of halogens is 2. The standard InChI is InChI=1S/C10H10ClFN2O3/c1-17-8-3-2-6(12)4-7(8)13-10(16)14-9(15)5-11/h2-4H,5H2,1H3,(H2,13,14,15,16). The van der Waals surface area contributed by atoms with E-state index in [9.17, 15) is 14.0 Å². The smallest absolute Gasteiger partial charge is 0.326 e. The zero-order valence-electron chi connectivity index (χ0n) is 8.92. The van der Waals surface area contributed by atoms with Crippen molar-refractivity contribution in [3.8, 4) is 5.75 Å². The second kappa shape index (κ2) is 6.05. The van der Waals surface area contributed by atoms with Gasteiger partial charge in [-0.2, -0.15) is 0 Å². The van der Waals surface area contributed by atoms with Crippen molar-refractivity contribution in [2.24, 2.45) is 0 Å². The fraction of sp³-hybridized carbons (Fsp3) is 0.200. The van der Waals surface area contributed by atoms with Gasteiger partial charge in [0.15, 0.2) is 0 Å². The Labute approximate surface area is 102 Å². The number of methoxy groups -OCH3 is 1. The van der Waals surface area contributed by atoms with Crippen LogP contribution in [0, 0.1) is 5.82 Å². The average Bonchev–Trinajstić information content (AvgIpc) is 2.29. The van der Waals surface area contributed by atoms with Crippen molar-refractivity contribution in [1.82, 2.24) is 5.32 Å². The van der Waals surface area contributed by atoms with Crippen molar-refractivity contribution in [2.75, 3.05) is 18.3 Å². The van der Waals surface area contributed by atoms with Gasteiger partial charge in [0.25, 0.3) is 0 Å².